The maximum atomic E-state index is 13.4. The summed E-state index contributed by atoms with van der Waals surface area (Å²) in [5.74, 6) is 0.421. The van der Waals surface area contributed by atoms with E-state index < -0.39 is 0 Å². The van der Waals surface area contributed by atoms with Gasteiger partial charge in [-0.15, -0.1) is 11.3 Å². The molecule has 0 bridgehead atoms. The molecule has 0 saturated carbocycles. The van der Waals surface area contributed by atoms with E-state index in [4.69, 9.17) is 44.5 Å². The van der Waals surface area contributed by atoms with Crippen LogP contribution in [-0.2, 0) is 19.4 Å². The number of thiophene rings is 1. The maximum Gasteiger partial charge on any atom is 0.259 e. The van der Waals surface area contributed by atoms with Gasteiger partial charge in [0.1, 0.15) is 17.4 Å². The number of anilines is 1. The number of nitrogens with one attached hydrogen (secondary N) is 1. The number of benzene rings is 3. The van der Waals surface area contributed by atoms with Crippen molar-refractivity contribution in [1.29, 1.82) is 0 Å². The van der Waals surface area contributed by atoms with E-state index in [0.29, 0.717) is 41.4 Å². The number of aliphatic imine (C=N–C) groups is 1. The van der Waals surface area contributed by atoms with E-state index in [1.54, 1.807) is 41.8 Å². The predicted molar refractivity (Wildman–Crippen MR) is 163 cm³/mol. The minimum absolute atomic E-state index is 0.149. The van der Waals surface area contributed by atoms with Gasteiger partial charge in [-0.1, -0.05) is 59.1 Å². The lowest BCUT2D eigenvalue weighted by molar-refractivity contribution is 0.102. The molecule has 0 atom stereocenters. The number of carbonyl (C=O) groups excluding carboxylic acids is 1. The number of halogens is 4. The first-order valence-electron chi connectivity index (χ1n) is 12.0. The highest BCUT2D eigenvalue weighted by Gasteiger charge is 2.25. The average Bonchev–Trinajstić information content (AvgIpc) is 3.27. The Bertz CT molecular complexity index is 1520. The molecule has 1 aromatic heterocycles. The van der Waals surface area contributed by atoms with Crippen molar-refractivity contribution in [2.24, 2.45) is 4.99 Å². The molecular formula is C29H22BrCl3N2O2S. The normalized spacial score (nSPS) is 12.9. The number of rotatable bonds is 7. The number of hydrogen-bond donors (Lipinski definition) is 1. The molecule has 1 amide bonds. The van der Waals surface area contributed by atoms with Crippen molar-refractivity contribution in [2.75, 3.05) is 5.32 Å². The highest BCUT2D eigenvalue weighted by atomic mass is 79.9. The minimum atomic E-state index is -0.149. The van der Waals surface area contributed by atoms with Gasteiger partial charge in [-0.05, 0) is 83.6 Å². The molecule has 5 rings (SSSR count). The van der Waals surface area contributed by atoms with Gasteiger partial charge in [0.25, 0.3) is 5.91 Å². The van der Waals surface area contributed by atoms with Crippen LogP contribution in [0.15, 0.2) is 70.1 Å². The zero-order chi connectivity index (χ0) is 26.6. The zero-order valence-corrected chi connectivity index (χ0v) is 24.7. The Labute approximate surface area is 248 Å². The van der Waals surface area contributed by atoms with Crippen molar-refractivity contribution in [2.45, 2.75) is 32.3 Å². The van der Waals surface area contributed by atoms with E-state index in [0.717, 1.165) is 42.5 Å². The van der Waals surface area contributed by atoms with E-state index in [2.05, 4.69) is 21.2 Å². The van der Waals surface area contributed by atoms with Crippen LogP contribution in [0, 0.1) is 0 Å². The topological polar surface area (TPSA) is 50.7 Å². The van der Waals surface area contributed by atoms with Gasteiger partial charge in [0, 0.05) is 43.0 Å². The zero-order valence-electron chi connectivity index (χ0n) is 20.1. The summed E-state index contributed by atoms with van der Waals surface area (Å²) in [6.07, 6.45) is 5.71. The molecule has 1 aliphatic rings. The first-order valence-corrected chi connectivity index (χ1v) is 14.7. The number of hydrogen-bond acceptors (Lipinski definition) is 4. The Balaban J connectivity index is 1.47. The van der Waals surface area contributed by atoms with Crippen LogP contribution in [0.25, 0.3) is 0 Å². The van der Waals surface area contributed by atoms with E-state index in [1.807, 2.05) is 36.4 Å². The van der Waals surface area contributed by atoms with Crippen molar-refractivity contribution in [3.8, 4) is 5.75 Å². The van der Waals surface area contributed by atoms with Gasteiger partial charge < -0.3 is 10.1 Å². The maximum absolute atomic E-state index is 13.4. The number of ether oxygens (including phenoxy) is 1. The molecule has 0 saturated heterocycles. The highest BCUT2D eigenvalue weighted by molar-refractivity contribution is 9.10. The monoisotopic (exact) mass is 646 g/mol. The third kappa shape index (κ3) is 6.27. The largest absolute Gasteiger partial charge is 0.487 e. The number of amides is 1. The number of aryl methyl sites for hydroxylation is 1. The van der Waals surface area contributed by atoms with Gasteiger partial charge in [0.15, 0.2) is 0 Å². The summed E-state index contributed by atoms with van der Waals surface area (Å²) in [6.45, 7) is 0.231. The molecule has 38 heavy (non-hydrogen) atoms. The van der Waals surface area contributed by atoms with Crippen LogP contribution in [0.3, 0.4) is 0 Å². The third-order valence-electron chi connectivity index (χ3n) is 6.16. The highest BCUT2D eigenvalue weighted by Crippen LogP contribution is 2.41. The Morgan fingerprint density at radius 2 is 1.82 bits per heavy atom. The summed E-state index contributed by atoms with van der Waals surface area (Å²) in [7, 11) is 0. The fraction of sp³-hybridized carbons (Fsp3) is 0.172. The van der Waals surface area contributed by atoms with Gasteiger partial charge in [0.05, 0.1) is 10.0 Å². The fourth-order valence-electron chi connectivity index (χ4n) is 4.34. The van der Waals surface area contributed by atoms with E-state index in [1.165, 1.54) is 4.88 Å². The summed E-state index contributed by atoms with van der Waals surface area (Å²) in [5.41, 5.74) is 3.96. The van der Waals surface area contributed by atoms with Crippen LogP contribution in [0.4, 0.5) is 10.7 Å². The van der Waals surface area contributed by atoms with Crippen molar-refractivity contribution in [1.82, 2.24) is 0 Å². The van der Waals surface area contributed by atoms with Gasteiger partial charge in [-0.25, -0.2) is 4.99 Å². The number of para-hydroxylation sites is 1. The van der Waals surface area contributed by atoms with Crippen LogP contribution in [-0.4, -0.2) is 12.1 Å². The lowest BCUT2D eigenvalue weighted by Gasteiger charge is -2.13. The van der Waals surface area contributed by atoms with Gasteiger partial charge in [0.2, 0.25) is 0 Å². The molecule has 0 fully saturated rings. The second kappa shape index (κ2) is 12.2. The van der Waals surface area contributed by atoms with Crippen LogP contribution in [0.5, 0.6) is 5.75 Å². The molecule has 194 valence electrons. The average molecular weight is 649 g/mol. The van der Waals surface area contributed by atoms with Crippen molar-refractivity contribution < 1.29 is 9.53 Å². The molecule has 1 heterocycles. The van der Waals surface area contributed by atoms with Crippen LogP contribution in [0.1, 0.15) is 44.8 Å². The first-order chi connectivity index (χ1) is 18.4. The van der Waals surface area contributed by atoms with Gasteiger partial charge >= 0.3 is 0 Å². The Hall–Kier alpha value is -2.35. The second-order valence-electron chi connectivity index (χ2n) is 8.80. The van der Waals surface area contributed by atoms with Crippen molar-refractivity contribution >= 4 is 84.9 Å². The smallest absolute Gasteiger partial charge is 0.259 e. The molecule has 9 heteroatoms. The van der Waals surface area contributed by atoms with Crippen LogP contribution >= 0.6 is 62.1 Å². The molecule has 3 aromatic carbocycles. The molecule has 4 nitrogen and oxygen atoms in total. The predicted octanol–water partition coefficient (Wildman–Crippen LogP) is 9.93. The Morgan fingerprint density at radius 1 is 1.03 bits per heavy atom. The van der Waals surface area contributed by atoms with Crippen LogP contribution in [0.2, 0.25) is 15.1 Å². The third-order valence-corrected chi connectivity index (χ3v) is 8.75. The van der Waals surface area contributed by atoms with E-state index in [9.17, 15) is 4.79 Å². The summed E-state index contributed by atoms with van der Waals surface area (Å²) in [6, 6.07) is 18.3. The minimum Gasteiger partial charge on any atom is -0.487 e. The first kappa shape index (κ1) is 27.2. The summed E-state index contributed by atoms with van der Waals surface area (Å²) in [5, 5.41) is 5.32. The molecule has 0 spiro atoms. The summed E-state index contributed by atoms with van der Waals surface area (Å²) >= 11 is 23.9. The number of carbonyl (C=O) groups is 1. The Morgan fingerprint density at radius 3 is 2.61 bits per heavy atom. The lowest BCUT2D eigenvalue weighted by atomic mass is 9.95. The summed E-state index contributed by atoms with van der Waals surface area (Å²) < 4.78 is 6.84. The molecule has 0 aliphatic heterocycles. The van der Waals surface area contributed by atoms with Gasteiger partial charge in [-0.3, -0.25) is 4.79 Å². The molecule has 0 radical (unpaired) electrons. The standard InChI is InChI=1S/C29H22BrCl3N2O2S/c30-23-13-20(32)12-18(27(23)37-16-17-10-11-19(31)14-24(17)33)15-34-29-26(22-8-4-5-9-25(22)38-29)28(36)35-21-6-2-1-3-7-21/h1-3,6-7,10-15H,4-5,8-9,16H2,(H,35,36). The molecular weight excluding hydrogens is 627 g/mol. The van der Waals surface area contributed by atoms with Crippen molar-refractivity contribution in [3.63, 3.8) is 0 Å². The fourth-order valence-corrected chi connectivity index (χ4v) is 6.98. The SMILES string of the molecule is O=C(Nc1ccccc1)c1c(N=Cc2cc(Cl)cc(Br)c2OCc2ccc(Cl)cc2Cl)sc2c1CCCC2. The number of nitrogens with zero attached hydrogens (tertiary/aromatic N) is 1. The summed E-state index contributed by atoms with van der Waals surface area (Å²) in [4.78, 5) is 19.4. The van der Waals surface area contributed by atoms with Gasteiger partial charge in [-0.2, -0.15) is 0 Å². The van der Waals surface area contributed by atoms with Crippen LogP contribution < -0.4 is 10.1 Å². The molecule has 1 N–H and O–H groups in total. The molecule has 4 aromatic rings. The molecule has 1 aliphatic carbocycles. The number of fused-ring (bicyclic) bond motifs is 1. The quantitative estimate of drug-likeness (QED) is 0.203. The lowest BCUT2D eigenvalue weighted by Crippen LogP contribution is -2.14. The van der Waals surface area contributed by atoms with E-state index in [-0.39, 0.29) is 12.5 Å². The van der Waals surface area contributed by atoms with Crippen molar-refractivity contribution in [3.05, 3.63) is 107 Å². The van der Waals surface area contributed by atoms with E-state index >= 15 is 0 Å². The second-order valence-corrected chi connectivity index (χ2v) is 12.0. The molecule has 0 unspecified atom stereocenters. The Kier molecular flexibility index (Phi) is 8.76.